The molecule has 0 unspecified atom stereocenters. The lowest BCUT2D eigenvalue weighted by atomic mass is 10.1. The van der Waals surface area contributed by atoms with Crippen LogP contribution >= 0.6 is 0 Å². The lowest BCUT2D eigenvalue weighted by Crippen LogP contribution is -2.46. The van der Waals surface area contributed by atoms with Crippen molar-refractivity contribution in [2.24, 2.45) is 0 Å². The van der Waals surface area contributed by atoms with E-state index in [4.69, 9.17) is 0 Å². The minimum absolute atomic E-state index is 0.173. The van der Waals surface area contributed by atoms with E-state index in [-0.39, 0.29) is 11.5 Å². The van der Waals surface area contributed by atoms with Crippen molar-refractivity contribution in [2.45, 2.75) is 32.0 Å². The van der Waals surface area contributed by atoms with Gasteiger partial charge in [-0.25, -0.2) is 0 Å². The number of aryl methyl sites for hydroxylation is 1. The third kappa shape index (κ3) is 7.16. The van der Waals surface area contributed by atoms with Gasteiger partial charge < -0.3 is 14.7 Å². The number of halogens is 3. The predicted molar refractivity (Wildman–Crippen MR) is 107 cm³/mol. The fraction of sp³-hybridized carbons (Fsp3) is 0.455. The zero-order valence-corrected chi connectivity index (χ0v) is 16.4. The minimum atomic E-state index is -4.64. The van der Waals surface area contributed by atoms with E-state index in [9.17, 15) is 18.3 Å². The second kappa shape index (κ2) is 9.87. The number of alkyl halides is 3. The number of phenolic OH excluding ortho intramolecular Hbond substituents is 1. The van der Waals surface area contributed by atoms with Gasteiger partial charge in [-0.3, -0.25) is 4.90 Å². The number of rotatable bonds is 8. The molecule has 4 nitrogen and oxygen atoms in total. The number of phenols is 1. The first-order valence-electron chi connectivity index (χ1n) is 10.00. The molecule has 0 bridgehead atoms. The van der Waals surface area contributed by atoms with E-state index < -0.39 is 6.36 Å². The number of hydrogen-bond donors (Lipinski definition) is 1. The number of ether oxygens (including phenoxy) is 1. The van der Waals surface area contributed by atoms with Crippen LogP contribution in [0.25, 0.3) is 0 Å². The fourth-order valence-corrected chi connectivity index (χ4v) is 3.59. The normalized spacial score (nSPS) is 15.5. The second-order valence-corrected chi connectivity index (χ2v) is 7.35. The Morgan fingerprint density at radius 2 is 1.48 bits per heavy atom. The van der Waals surface area contributed by atoms with Crippen LogP contribution in [0.1, 0.15) is 24.8 Å². The zero-order chi connectivity index (χ0) is 20.7. The molecular weight excluding hydrogens is 381 g/mol. The summed E-state index contributed by atoms with van der Waals surface area (Å²) in [5.41, 5.74) is 2.18. The maximum Gasteiger partial charge on any atom is 0.573 e. The number of benzene rings is 2. The van der Waals surface area contributed by atoms with E-state index in [0.717, 1.165) is 69.7 Å². The summed E-state index contributed by atoms with van der Waals surface area (Å²) >= 11 is 0. The molecule has 0 spiro atoms. The van der Waals surface area contributed by atoms with Gasteiger partial charge in [0.25, 0.3) is 0 Å². The Hall–Kier alpha value is -2.41. The van der Waals surface area contributed by atoms with Crippen LogP contribution in [0.2, 0.25) is 0 Å². The first kappa shape index (κ1) is 21.3. The molecule has 1 N–H and O–H groups in total. The fourth-order valence-electron chi connectivity index (χ4n) is 3.59. The molecule has 1 fully saturated rings. The molecule has 1 aliphatic rings. The predicted octanol–water partition coefficient (Wildman–Crippen LogP) is 4.83. The van der Waals surface area contributed by atoms with Gasteiger partial charge in [0.1, 0.15) is 11.5 Å². The van der Waals surface area contributed by atoms with Crippen LogP contribution in [-0.2, 0) is 6.42 Å². The summed E-state index contributed by atoms with van der Waals surface area (Å²) < 4.78 is 40.4. The summed E-state index contributed by atoms with van der Waals surface area (Å²) in [5, 5.41) is 9.39. The highest BCUT2D eigenvalue weighted by molar-refractivity contribution is 5.49. The van der Waals surface area contributed by atoms with Gasteiger partial charge in [-0.1, -0.05) is 18.6 Å². The summed E-state index contributed by atoms with van der Waals surface area (Å²) in [7, 11) is 0. The maximum absolute atomic E-state index is 12.2. The molecule has 2 aromatic rings. The van der Waals surface area contributed by atoms with E-state index in [1.165, 1.54) is 12.1 Å². The lowest BCUT2D eigenvalue weighted by molar-refractivity contribution is -0.274. The van der Waals surface area contributed by atoms with Gasteiger partial charge in [0.15, 0.2) is 0 Å². The summed E-state index contributed by atoms with van der Waals surface area (Å²) in [6.07, 6.45) is -0.543. The topological polar surface area (TPSA) is 35.9 Å². The second-order valence-electron chi connectivity index (χ2n) is 7.35. The third-order valence-electron chi connectivity index (χ3n) is 5.18. The monoisotopic (exact) mass is 408 g/mol. The Balaban J connectivity index is 1.29. The molecule has 0 radical (unpaired) electrons. The summed E-state index contributed by atoms with van der Waals surface area (Å²) in [6.45, 7) is 5.10. The summed E-state index contributed by atoms with van der Waals surface area (Å²) in [5.74, 6) is 0.116. The van der Waals surface area contributed by atoms with Gasteiger partial charge in [-0.15, -0.1) is 13.2 Å². The van der Waals surface area contributed by atoms with Crippen LogP contribution in [0.4, 0.5) is 18.9 Å². The molecule has 1 heterocycles. The Labute approximate surface area is 169 Å². The molecule has 29 heavy (non-hydrogen) atoms. The van der Waals surface area contributed by atoms with Gasteiger partial charge in [-0.2, -0.15) is 0 Å². The van der Waals surface area contributed by atoms with E-state index in [2.05, 4.69) is 14.5 Å². The lowest BCUT2D eigenvalue weighted by Gasteiger charge is -2.36. The molecule has 0 aliphatic carbocycles. The Bertz CT molecular complexity index is 740. The Morgan fingerprint density at radius 1 is 0.828 bits per heavy atom. The molecule has 1 saturated heterocycles. The van der Waals surface area contributed by atoms with Crippen LogP contribution in [0, 0.1) is 0 Å². The summed E-state index contributed by atoms with van der Waals surface area (Å²) in [6, 6.07) is 13.5. The van der Waals surface area contributed by atoms with Crippen molar-refractivity contribution < 1.29 is 23.0 Å². The molecular formula is C22H27F3N2O2. The quantitative estimate of drug-likeness (QED) is 0.635. The number of hydrogen-bond acceptors (Lipinski definition) is 4. The molecule has 158 valence electrons. The van der Waals surface area contributed by atoms with E-state index >= 15 is 0 Å². The highest BCUT2D eigenvalue weighted by atomic mass is 19.4. The van der Waals surface area contributed by atoms with Crippen molar-refractivity contribution in [1.29, 1.82) is 0 Å². The van der Waals surface area contributed by atoms with Gasteiger partial charge in [0, 0.05) is 31.9 Å². The average Bonchev–Trinajstić information content (AvgIpc) is 2.69. The van der Waals surface area contributed by atoms with Crippen molar-refractivity contribution in [1.82, 2.24) is 4.90 Å². The highest BCUT2D eigenvalue weighted by Gasteiger charge is 2.30. The van der Waals surface area contributed by atoms with Crippen molar-refractivity contribution >= 4 is 5.69 Å². The van der Waals surface area contributed by atoms with Crippen molar-refractivity contribution in [2.75, 3.05) is 37.6 Å². The Kier molecular flexibility index (Phi) is 7.25. The van der Waals surface area contributed by atoms with Crippen molar-refractivity contribution in [3.63, 3.8) is 0 Å². The van der Waals surface area contributed by atoms with Gasteiger partial charge >= 0.3 is 6.36 Å². The molecule has 0 aromatic heterocycles. The van der Waals surface area contributed by atoms with Crippen LogP contribution < -0.4 is 9.64 Å². The molecule has 1 aliphatic heterocycles. The van der Waals surface area contributed by atoms with Crippen molar-refractivity contribution in [3.8, 4) is 11.5 Å². The van der Waals surface area contributed by atoms with Crippen molar-refractivity contribution in [3.05, 3.63) is 54.1 Å². The number of piperazine rings is 1. The molecule has 0 saturated carbocycles. The van der Waals surface area contributed by atoms with Gasteiger partial charge in [0.2, 0.25) is 0 Å². The SMILES string of the molecule is Oc1ccc(N2CCN(CCCCCc3ccc(OC(F)(F)F)cc3)CC2)cc1. The highest BCUT2D eigenvalue weighted by Crippen LogP contribution is 2.23. The smallest absolute Gasteiger partial charge is 0.508 e. The molecule has 2 aromatic carbocycles. The van der Waals surface area contributed by atoms with Crippen LogP contribution in [-0.4, -0.2) is 49.1 Å². The van der Waals surface area contributed by atoms with Gasteiger partial charge in [-0.05, 0) is 67.8 Å². The molecule has 7 heteroatoms. The third-order valence-corrected chi connectivity index (χ3v) is 5.18. The zero-order valence-electron chi connectivity index (χ0n) is 16.4. The van der Waals surface area contributed by atoms with E-state index in [1.54, 1.807) is 24.3 Å². The molecule has 3 rings (SSSR count). The van der Waals surface area contributed by atoms with Gasteiger partial charge in [0.05, 0.1) is 0 Å². The number of aromatic hydroxyl groups is 1. The number of nitrogens with zero attached hydrogens (tertiary/aromatic N) is 2. The standard InChI is InChI=1S/C22H27F3N2O2/c23-22(24,25)29-21-11-5-18(6-12-21)4-2-1-3-13-26-14-16-27(17-15-26)19-7-9-20(28)10-8-19/h5-12,28H,1-4,13-17H2. The first-order valence-corrected chi connectivity index (χ1v) is 10.00. The Morgan fingerprint density at radius 3 is 2.10 bits per heavy atom. The average molecular weight is 408 g/mol. The molecule has 0 atom stereocenters. The van der Waals surface area contributed by atoms with Crippen LogP contribution in [0.15, 0.2) is 48.5 Å². The summed E-state index contributed by atoms with van der Waals surface area (Å²) in [4.78, 5) is 4.81. The molecule has 0 amide bonds. The van der Waals surface area contributed by atoms with E-state index in [0.29, 0.717) is 0 Å². The van der Waals surface area contributed by atoms with Crippen LogP contribution in [0.5, 0.6) is 11.5 Å². The largest absolute Gasteiger partial charge is 0.573 e. The number of anilines is 1. The first-order chi connectivity index (χ1) is 13.9. The minimum Gasteiger partial charge on any atom is -0.508 e. The number of unbranched alkanes of at least 4 members (excludes halogenated alkanes) is 2. The maximum atomic E-state index is 12.2. The van der Waals surface area contributed by atoms with Crippen LogP contribution in [0.3, 0.4) is 0 Å². The van der Waals surface area contributed by atoms with E-state index in [1.807, 2.05) is 12.1 Å².